The van der Waals surface area contributed by atoms with Gasteiger partial charge in [-0.25, -0.2) is 0 Å². The second-order valence-electron chi connectivity index (χ2n) is 4.72. The van der Waals surface area contributed by atoms with Crippen LogP contribution in [-0.4, -0.2) is 16.7 Å². The van der Waals surface area contributed by atoms with E-state index in [1.165, 1.54) is 25.2 Å². The maximum Gasteiger partial charge on any atom is 1.00 e. The monoisotopic (exact) mass is 416 g/mol. The van der Waals surface area contributed by atoms with Crippen LogP contribution in [-0.2, 0) is 32.5 Å². The fourth-order valence-corrected chi connectivity index (χ4v) is 2.10. The fourth-order valence-electron chi connectivity index (χ4n) is 2.10. The van der Waals surface area contributed by atoms with Crippen LogP contribution in [0.4, 0.5) is 0 Å². The average molecular weight is 415 g/mol. The van der Waals surface area contributed by atoms with Crippen LogP contribution in [0.5, 0.6) is 0 Å². The number of carbonyl (C=O) groups is 1. The smallest absolute Gasteiger partial charge is 0.550 e. The summed E-state index contributed by atoms with van der Waals surface area (Å²) in [5, 5.41) is 18.7. The number of hydrogen-bond acceptors (Lipinski definition) is 3. The first-order valence-electron chi connectivity index (χ1n) is 5.51. The molecule has 1 rings (SSSR count). The van der Waals surface area contributed by atoms with Crippen molar-refractivity contribution in [3.8, 4) is 0 Å². The first-order chi connectivity index (χ1) is 6.75. The van der Waals surface area contributed by atoms with Crippen molar-refractivity contribution in [3.63, 3.8) is 0 Å². The Bertz CT molecular complexity index is 195. The SMILES string of the molecule is CC(=O)[O-].C[C@H]1CCCC[C]1C(C)(C)O.[Hg+]. The summed E-state index contributed by atoms with van der Waals surface area (Å²) in [7, 11) is 0. The molecule has 0 spiro atoms. The van der Waals surface area contributed by atoms with Crippen LogP contribution in [0.3, 0.4) is 0 Å². The molecule has 0 saturated heterocycles. The van der Waals surface area contributed by atoms with Gasteiger partial charge in [-0.3, -0.25) is 0 Å². The van der Waals surface area contributed by atoms with Gasteiger partial charge in [0.25, 0.3) is 0 Å². The van der Waals surface area contributed by atoms with Crippen molar-refractivity contribution in [3.05, 3.63) is 5.92 Å². The summed E-state index contributed by atoms with van der Waals surface area (Å²) in [5.41, 5.74) is -0.542. The second-order valence-corrected chi connectivity index (χ2v) is 4.72. The normalized spacial score (nSPS) is 21.4. The molecule has 1 atom stereocenters. The van der Waals surface area contributed by atoms with Gasteiger partial charge in [0.15, 0.2) is 0 Å². The van der Waals surface area contributed by atoms with E-state index < -0.39 is 11.6 Å². The van der Waals surface area contributed by atoms with E-state index >= 15 is 0 Å². The molecule has 0 aromatic carbocycles. The van der Waals surface area contributed by atoms with Gasteiger partial charge < -0.3 is 15.0 Å². The number of hydrogen-bond donors (Lipinski definition) is 1. The summed E-state index contributed by atoms with van der Waals surface area (Å²) >= 11 is 0. The Labute approximate surface area is 119 Å². The first-order valence-corrected chi connectivity index (χ1v) is 5.51. The van der Waals surface area contributed by atoms with E-state index in [1.54, 1.807) is 0 Å². The van der Waals surface area contributed by atoms with Crippen molar-refractivity contribution in [2.45, 2.75) is 59.0 Å². The molecule has 1 fully saturated rings. The molecule has 1 aliphatic rings. The Morgan fingerprint density at radius 2 is 1.88 bits per heavy atom. The Hall–Kier alpha value is 0.365. The average Bonchev–Trinajstić information content (AvgIpc) is 2.01. The predicted octanol–water partition coefficient (Wildman–Crippen LogP) is 1.30. The number of aliphatic hydroxyl groups is 1. The largest absolute Gasteiger partial charge is 1.00 e. The third-order valence-electron chi connectivity index (χ3n) is 2.71. The molecule has 0 heterocycles. The van der Waals surface area contributed by atoms with Crippen molar-refractivity contribution in [2.75, 3.05) is 0 Å². The molecule has 1 saturated carbocycles. The van der Waals surface area contributed by atoms with Gasteiger partial charge in [-0.2, -0.15) is 0 Å². The summed E-state index contributed by atoms with van der Waals surface area (Å²) in [5.74, 6) is 0.896. The van der Waals surface area contributed by atoms with Gasteiger partial charge in [0.1, 0.15) is 0 Å². The molecule has 3 nitrogen and oxygen atoms in total. The van der Waals surface area contributed by atoms with Crippen molar-refractivity contribution in [2.24, 2.45) is 5.92 Å². The molecule has 0 aliphatic heterocycles. The van der Waals surface area contributed by atoms with Gasteiger partial charge in [0.2, 0.25) is 0 Å². The molecule has 1 aliphatic carbocycles. The molecular formula is C12H22HgO3. The molecule has 90 valence electrons. The van der Waals surface area contributed by atoms with Gasteiger partial charge in [0, 0.05) is 11.9 Å². The second kappa shape index (κ2) is 8.45. The van der Waals surface area contributed by atoms with Gasteiger partial charge in [-0.05, 0) is 33.1 Å². The Morgan fingerprint density at radius 3 is 2.12 bits per heavy atom. The minimum Gasteiger partial charge on any atom is -0.550 e. The summed E-state index contributed by atoms with van der Waals surface area (Å²) < 4.78 is 0. The molecule has 0 bridgehead atoms. The van der Waals surface area contributed by atoms with Crippen LogP contribution in [0.15, 0.2) is 0 Å². The molecule has 4 heteroatoms. The van der Waals surface area contributed by atoms with Crippen molar-refractivity contribution in [1.29, 1.82) is 0 Å². The van der Waals surface area contributed by atoms with Gasteiger partial charge in [-0.15, -0.1) is 0 Å². The number of carboxylic acids is 1. The number of carboxylic acid groups (broad SMARTS) is 1. The Kier molecular flexibility index (Phi) is 9.89. The topological polar surface area (TPSA) is 60.4 Å². The molecule has 0 aromatic rings. The van der Waals surface area contributed by atoms with Crippen LogP contribution in [0, 0.1) is 11.8 Å². The third-order valence-corrected chi connectivity index (χ3v) is 2.71. The number of rotatable bonds is 1. The van der Waals surface area contributed by atoms with Gasteiger partial charge in [-0.1, -0.05) is 26.2 Å². The van der Waals surface area contributed by atoms with Crippen LogP contribution >= 0.6 is 0 Å². The van der Waals surface area contributed by atoms with Crippen molar-refractivity contribution < 1.29 is 42.7 Å². The fraction of sp³-hybridized carbons (Fsp3) is 0.833. The van der Waals surface area contributed by atoms with Gasteiger partial charge >= 0.3 is 27.7 Å². The first kappa shape index (κ1) is 18.7. The zero-order valence-electron chi connectivity index (χ0n) is 10.9. The molecule has 0 amide bonds. The van der Waals surface area contributed by atoms with E-state index in [4.69, 9.17) is 9.90 Å². The molecule has 0 aromatic heterocycles. The van der Waals surface area contributed by atoms with E-state index in [1.807, 2.05) is 13.8 Å². The predicted molar refractivity (Wildman–Crippen MR) is 57.9 cm³/mol. The quantitative estimate of drug-likeness (QED) is 0.658. The minimum absolute atomic E-state index is 0. The number of carbonyl (C=O) groups excluding carboxylic acids is 1. The van der Waals surface area contributed by atoms with Crippen LogP contribution in [0.25, 0.3) is 0 Å². The zero-order valence-corrected chi connectivity index (χ0v) is 16.4. The molecule has 16 heavy (non-hydrogen) atoms. The summed E-state index contributed by atoms with van der Waals surface area (Å²) in [4.78, 5) is 8.89. The Balaban J connectivity index is 0. The van der Waals surface area contributed by atoms with Crippen LogP contribution in [0.2, 0.25) is 0 Å². The summed E-state index contributed by atoms with van der Waals surface area (Å²) in [6.45, 7) is 7.01. The molecule has 0 unspecified atom stereocenters. The summed E-state index contributed by atoms with van der Waals surface area (Å²) in [6, 6.07) is 0. The zero-order chi connectivity index (χ0) is 12.1. The van der Waals surface area contributed by atoms with E-state index in [0.29, 0.717) is 5.92 Å². The molecule has 1 N–H and O–H groups in total. The van der Waals surface area contributed by atoms with E-state index in [9.17, 15) is 5.11 Å². The van der Waals surface area contributed by atoms with E-state index in [2.05, 4.69) is 6.92 Å². The van der Waals surface area contributed by atoms with Crippen molar-refractivity contribution in [1.82, 2.24) is 0 Å². The third kappa shape index (κ3) is 8.51. The standard InChI is InChI=1S/C10H19O.C2H4O2.Hg/c1-8-6-4-5-7-9(8)10(2,3)11;1-2(3)4;/h8,11H,4-7H2,1-3H3;1H3,(H,3,4);/q;;+1/p-1/t8-;;/m0../s1. The van der Waals surface area contributed by atoms with Crippen molar-refractivity contribution >= 4 is 5.97 Å². The summed E-state index contributed by atoms with van der Waals surface area (Å²) in [6.07, 6.45) is 4.99. The van der Waals surface area contributed by atoms with Gasteiger partial charge in [0.05, 0.1) is 5.60 Å². The maximum absolute atomic E-state index is 9.78. The molecule has 2 radical (unpaired) electrons. The minimum atomic E-state index is -1.08. The van der Waals surface area contributed by atoms with Crippen LogP contribution < -0.4 is 5.11 Å². The maximum atomic E-state index is 9.78. The number of aliphatic carboxylic acids is 1. The van der Waals surface area contributed by atoms with E-state index in [0.717, 1.165) is 13.3 Å². The molecular weight excluding hydrogens is 393 g/mol. The van der Waals surface area contributed by atoms with Crippen LogP contribution in [0.1, 0.15) is 53.4 Å². The Morgan fingerprint density at radius 1 is 1.44 bits per heavy atom. The van der Waals surface area contributed by atoms with E-state index in [-0.39, 0.29) is 27.7 Å².